The second-order valence-electron chi connectivity index (χ2n) is 17.4. The molecule has 0 spiro atoms. The highest BCUT2D eigenvalue weighted by Crippen LogP contribution is 2.53. The highest BCUT2D eigenvalue weighted by molar-refractivity contribution is 7.92. The van der Waals surface area contributed by atoms with E-state index in [1.54, 1.807) is 18.3 Å². The third-order valence-electron chi connectivity index (χ3n) is 11.9. The molecule has 0 aliphatic heterocycles. The first-order valence-electron chi connectivity index (χ1n) is 24.5. The number of anilines is 1. The lowest BCUT2D eigenvalue weighted by Crippen LogP contribution is -2.59. The van der Waals surface area contributed by atoms with Crippen molar-refractivity contribution < 1.29 is 70.3 Å². The van der Waals surface area contributed by atoms with E-state index in [1.165, 1.54) is 34.6 Å². The summed E-state index contributed by atoms with van der Waals surface area (Å²) in [5, 5.41) is 5.42. The minimum absolute atomic E-state index is 0.0352. The van der Waals surface area contributed by atoms with Gasteiger partial charge in [0, 0.05) is 67.7 Å². The molecule has 2 aliphatic rings. The zero-order valence-electron chi connectivity index (χ0n) is 41.8. The van der Waals surface area contributed by atoms with E-state index in [2.05, 4.69) is 20.3 Å². The summed E-state index contributed by atoms with van der Waals surface area (Å²) in [6.07, 6.45) is 2.25. The van der Waals surface area contributed by atoms with Crippen LogP contribution in [0.2, 0.25) is 5.02 Å². The van der Waals surface area contributed by atoms with E-state index in [0.29, 0.717) is 5.56 Å². The monoisotopic (exact) mass is 1040 g/mol. The third kappa shape index (κ3) is 16.8. The van der Waals surface area contributed by atoms with Crippen LogP contribution in [0.1, 0.15) is 122 Å². The van der Waals surface area contributed by atoms with Crippen LogP contribution in [0, 0.1) is 6.92 Å². The number of sulfonamides is 1. The Kier molecular flexibility index (Phi) is 21.5. The van der Waals surface area contributed by atoms with E-state index >= 15 is 0 Å². The average Bonchev–Trinajstić information content (AvgIpc) is 4.33. The number of amides is 2. The molecule has 3 N–H and O–H groups in total. The van der Waals surface area contributed by atoms with Crippen LogP contribution in [0.5, 0.6) is 5.75 Å². The zero-order chi connectivity index (χ0) is 52.4. The number of hydrogen-bond acceptors (Lipinski definition) is 16. The lowest BCUT2D eigenvalue weighted by molar-refractivity contribution is -0.195. The summed E-state index contributed by atoms with van der Waals surface area (Å²) < 4.78 is 69.9. The Morgan fingerprint density at radius 2 is 1.39 bits per heavy atom. The van der Waals surface area contributed by atoms with Crippen molar-refractivity contribution in [1.29, 1.82) is 0 Å². The number of unbranched alkanes of at least 4 members (excludes halogenated alkanes) is 1. The van der Waals surface area contributed by atoms with Gasteiger partial charge >= 0.3 is 35.9 Å². The zero-order valence-corrected chi connectivity index (χ0v) is 43.3. The average molecular weight is 1040 g/mol. The third-order valence-corrected chi connectivity index (χ3v) is 13.7. The minimum Gasteiger partial charge on any atom is -0.490 e. The van der Waals surface area contributed by atoms with Gasteiger partial charge in [0.25, 0.3) is 0 Å². The van der Waals surface area contributed by atoms with Gasteiger partial charge in [-0.05, 0) is 74.8 Å². The van der Waals surface area contributed by atoms with Crippen molar-refractivity contribution in [2.45, 2.75) is 155 Å². The standard InChI is InChI=1S/C51H67ClN4O15S/c1-7-42(57)65-30-39(48(70-45(60)10-4)49(71-46(61)11-5)41(69-44(59)9-3)31-66-43(58)8-2)55-50(62)54-25-14-15-27-72(63,64)56-38-21-18-32(6)36(47(38)52)29-67-51(23-24-51)37-28-53-26-22-34(37)35-16-12-13-17-40(35)68-33-19-20-33/h12-13,16-18,21-22,26,28,33,39,41,48-49,56H,7-11,14-15,19-20,23-25,27,29-31H2,1-6H3,(H2,54,55,62). The Balaban J connectivity index is 1.23. The van der Waals surface area contributed by atoms with Crippen LogP contribution in [-0.4, -0.2) is 105 Å². The first-order valence-corrected chi connectivity index (χ1v) is 26.6. The normalized spacial score (nSPS) is 15.4. The summed E-state index contributed by atoms with van der Waals surface area (Å²) in [5.41, 5.74) is 3.87. The molecule has 2 aliphatic carbocycles. The molecule has 0 radical (unpaired) electrons. The predicted octanol–water partition coefficient (Wildman–Crippen LogP) is 7.52. The SMILES string of the molecule is CCC(=O)OCC(NC(=O)NCCCCS(=O)(=O)Nc1ccc(C)c(COC2(c3cnccc3-c3ccccc3OC3CC3)CC2)c1Cl)C(OC(=O)CC)C(OC(=O)CC)C(COC(=O)CC)OC(=O)CC. The van der Waals surface area contributed by atoms with E-state index in [1.807, 2.05) is 43.5 Å². The summed E-state index contributed by atoms with van der Waals surface area (Å²) in [6.45, 7) is 8.30. The number of aryl methyl sites for hydroxylation is 1. The highest BCUT2D eigenvalue weighted by atomic mass is 35.5. The van der Waals surface area contributed by atoms with Crippen LogP contribution in [0.25, 0.3) is 11.1 Å². The molecule has 19 nitrogen and oxygen atoms in total. The molecule has 394 valence electrons. The first kappa shape index (κ1) is 56.9. The van der Waals surface area contributed by atoms with Crippen molar-refractivity contribution in [3.05, 3.63) is 76.6 Å². The molecule has 2 aromatic carbocycles. The van der Waals surface area contributed by atoms with Crippen molar-refractivity contribution in [2.24, 2.45) is 0 Å². The quantitative estimate of drug-likeness (QED) is 0.0332. The van der Waals surface area contributed by atoms with Crippen LogP contribution in [0.15, 0.2) is 54.9 Å². The Morgan fingerprint density at radius 1 is 0.764 bits per heavy atom. The van der Waals surface area contributed by atoms with E-state index in [0.717, 1.165) is 53.7 Å². The maximum atomic E-state index is 13.5. The summed E-state index contributed by atoms with van der Waals surface area (Å²) >= 11 is 6.90. The molecule has 5 rings (SSSR count). The largest absolute Gasteiger partial charge is 0.490 e. The van der Waals surface area contributed by atoms with E-state index in [4.69, 9.17) is 44.8 Å². The second-order valence-corrected chi connectivity index (χ2v) is 19.7. The van der Waals surface area contributed by atoms with Crippen molar-refractivity contribution in [3.63, 3.8) is 0 Å². The van der Waals surface area contributed by atoms with Gasteiger partial charge in [0.15, 0.2) is 18.3 Å². The molecule has 72 heavy (non-hydrogen) atoms. The molecule has 0 saturated heterocycles. The van der Waals surface area contributed by atoms with Gasteiger partial charge in [-0.1, -0.05) is 70.5 Å². The van der Waals surface area contributed by atoms with Gasteiger partial charge in [-0.3, -0.25) is 33.7 Å². The Morgan fingerprint density at radius 3 is 2.03 bits per heavy atom. The van der Waals surface area contributed by atoms with Crippen molar-refractivity contribution in [2.75, 3.05) is 30.2 Å². The summed E-state index contributed by atoms with van der Waals surface area (Å²) in [4.78, 5) is 80.9. The number of benzene rings is 2. The summed E-state index contributed by atoms with van der Waals surface area (Å²) in [7, 11) is -3.95. The van der Waals surface area contributed by atoms with Crippen LogP contribution < -0.4 is 20.1 Å². The predicted molar refractivity (Wildman–Crippen MR) is 265 cm³/mol. The molecule has 3 aromatic rings. The lowest BCUT2D eigenvalue weighted by atomic mass is 9.96. The summed E-state index contributed by atoms with van der Waals surface area (Å²) in [5.74, 6) is -3.28. The Labute approximate surface area is 426 Å². The van der Waals surface area contributed by atoms with Crippen LogP contribution in [0.3, 0.4) is 0 Å². The molecule has 2 fully saturated rings. The smallest absolute Gasteiger partial charge is 0.315 e. The number of para-hydroxylation sites is 1. The Bertz CT molecular complexity index is 2480. The number of nitrogens with zero attached hydrogens (tertiary/aromatic N) is 1. The molecule has 1 heterocycles. The second kappa shape index (κ2) is 27.2. The maximum Gasteiger partial charge on any atom is 0.315 e. The van der Waals surface area contributed by atoms with Crippen LogP contribution in [-0.2, 0) is 74.6 Å². The molecular weight excluding hydrogens is 976 g/mol. The van der Waals surface area contributed by atoms with E-state index in [-0.39, 0.29) is 80.7 Å². The molecule has 0 bridgehead atoms. The molecular formula is C51H67ClN4O15S. The molecule has 21 heteroatoms. The van der Waals surface area contributed by atoms with E-state index < -0.39 is 89.1 Å². The van der Waals surface area contributed by atoms with Crippen molar-refractivity contribution in [3.8, 4) is 16.9 Å². The number of aromatic nitrogens is 1. The van der Waals surface area contributed by atoms with E-state index in [9.17, 15) is 37.2 Å². The molecule has 1 aromatic heterocycles. The van der Waals surface area contributed by atoms with Gasteiger partial charge in [-0.25, -0.2) is 13.2 Å². The number of carbonyl (C=O) groups is 6. The maximum absolute atomic E-state index is 13.5. The van der Waals surface area contributed by atoms with Crippen molar-refractivity contribution in [1.82, 2.24) is 15.6 Å². The number of rotatable bonds is 30. The lowest BCUT2D eigenvalue weighted by Gasteiger charge is -2.36. The first-order chi connectivity index (χ1) is 34.5. The number of carbonyl (C=O) groups excluding carboxylic acids is 6. The fourth-order valence-corrected chi connectivity index (χ4v) is 8.99. The van der Waals surface area contributed by atoms with Crippen LogP contribution in [0.4, 0.5) is 10.5 Å². The minimum atomic E-state index is -3.95. The van der Waals surface area contributed by atoms with Gasteiger partial charge < -0.3 is 43.8 Å². The number of esters is 5. The molecule has 2 saturated carbocycles. The Hall–Kier alpha value is -5.99. The highest BCUT2D eigenvalue weighted by Gasteiger charge is 2.48. The number of halogens is 1. The summed E-state index contributed by atoms with van der Waals surface area (Å²) in [6, 6.07) is 11.0. The number of urea groups is 1. The van der Waals surface area contributed by atoms with Gasteiger partial charge in [0.2, 0.25) is 10.0 Å². The number of hydrogen-bond donors (Lipinski definition) is 3. The fraction of sp³-hybridized carbons (Fsp3) is 0.549. The molecule has 4 atom stereocenters. The van der Waals surface area contributed by atoms with Crippen LogP contribution >= 0.6 is 11.6 Å². The number of ether oxygens (including phenoxy) is 7. The van der Waals surface area contributed by atoms with Gasteiger partial charge in [-0.2, -0.15) is 0 Å². The van der Waals surface area contributed by atoms with Gasteiger partial charge in [0.05, 0.1) is 34.8 Å². The fourth-order valence-electron chi connectivity index (χ4n) is 7.43. The topological polar surface area (TPSA) is 250 Å². The molecule has 2 amide bonds. The van der Waals surface area contributed by atoms with Gasteiger partial charge in [-0.15, -0.1) is 0 Å². The number of pyridine rings is 1. The number of nitrogens with one attached hydrogen (secondary N) is 3. The molecule has 4 unspecified atom stereocenters. The van der Waals surface area contributed by atoms with Crippen molar-refractivity contribution >= 4 is 63.2 Å². The van der Waals surface area contributed by atoms with Gasteiger partial charge in [0.1, 0.15) is 25.0 Å².